The number of cyclic esters (lactones) is 1. The molecule has 6 heteroatoms. The van der Waals surface area contributed by atoms with Crippen molar-refractivity contribution in [1.29, 1.82) is 0 Å². The number of nitrogens with one attached hydrogen (secondary N) is 1. The summed E-state index contributed by atoms with van der Waals surface area (Å²) in [5, 5.41) is 2.86. The third-order valence-corrected chi connectivity index (χ3v) is 3.58. The standard InChI is InChI=1S/C14H17BrN2O3/c15-12-4-2-11(3-5-12)10-13(18)16-6-1-7-17-8-9-20-14(17)19/h2-5H,1,6-10H2,(H,16,18). The van der Waals surface area contributed by atoms with Crippen LogP contribution in [0.25, 0.3) is 0 Å². The average molecular weight is 341 g/mol. The van der Waals surface area contributed by atoms with E-state index in [1.54, 1.807) is 4.90 Å². The van der Waals surface area contributed by atoms with E-state index < -0.39 is 0 Å². The Morgan fingerprint density at radius 1 is 1.35 bits per heavy atom. The topological polar surface area (TPSA) is 58.6 Å². The van der Waals surface area contributed by atoms with Gasteiger partial charge in [-0.1, -0.05) is 28.1 Å². The normalized spacial score (nSPS) is 14.2. The SMILES string of the molecule is O=C(Cc1ccc(Br)cc1)NCCCN1CCOC1=O. The molecule has 1 fully saturated rings. The molecule has 0 spiro atoms. The number of rotatable bonds is 6. The van der Waals surface area contributed by atoms with Gasteiger partial charge in [0.05, 0.1) is 13.0 Å². The molecule has 2 rings (SSSR count). The number of amides is 2. The Morgan fingerprint density at radius 2 is 2.10 bits per heavy atom. The molecule has 108 valence electrons. The molecule has 0 atom stereocenters. The van der Waals surface area contributed by atoms with Crippen molar-refractivity contribution in [2.24, 2.45) is 0 Å². The summed E-state index contributed by atoms with van der Waals surface area (Å²) in [5.74, 6) is -0.00341. The van der Waals surface area contributed by atoms with Gasteiger partial charge in [0, 0.05) is 17.6 Å². The monoisotopic (exact) mass is 340 g/mol. The number of carbonyl (C=O) groups excluding carboxylic acids is 2. The molecule has 0 unspecified atom stereocenters. The van der Waals surface area contributed by atoms with Crippen molar-refractivity contribution in [2.75, 3.05) is 26.2 Å². The van der Waals surface area contributed by atoms with E-state index in [-0.39, 0.29) is 12.0 Å². The maximum atomic E-state index is 11.7. The lowest BCUT2D eigenvalue weighted by Crippen LogP contribution is -2.31. The van der Waals surface area contributed by atoms with Crippen LogP contribution < -0.4 is 5.32 Å². The first-order chi connectivity index (χ1) is 9.65. The van der Waals surface area contributed by atoms with Crippen LogP contribution in [0.1, 0.15) is 12.0 Å². The van der Waals surface area contributed by atoms with E-state index in [9.17, 15) is 9.59 Å². The largest absolute Gasteiger partial charge is 0.448 e. The second-order valence-electron chi connectivity index (χ2n) is 4.61. The summed E-state index contributed by atoms with van der Waals surface area (Å²) in [6.45, 7) is 2.30. The first-order valence-corrected chi connectivity index (χ1v) is 7.37. The van der Waals surface area contributed by atoms with Crippen LogP contribution in [0.2, 0.25) is 0 Å². The number of halogens is 1. The molecule has 0 aliphatic carbocycles. The number of benzene rings is 1. The summed E-state index contributed by atoms with van der Waals surface area (Å²) in [4.78, 5) is 24.6. The highest BCUT2D eigenvalue weighted by Gasteiger charge is 2.20. The Labute approximate surface area is 126 Å². The molecule has 1 heterocycles. The average Bonchev–Trinajstić information content (AvgIpc) is 2.83. The quantitative estimate of drug-likeness (QED) is 0.805. The highest BCUT2D eigenvalue weighted by atomic mass is 79.9. The predicted molar refractivity (Wildman–Crippen MR) is 78.4 cm³/mol. The molecular weight excluding hydrogens is 324 g/mol. The number of nitrogens with zero attached hydrogens (tertiary/aromatic N) is 1. The highest BCUT2D eigenvalue weighted by Crippen LogP contribution is 2.10. The van der Waals surface area contributed by atoms with Crippen LogP contribution in [0.4, 0.5) is 4.79 Å². The zero-order valence-electron chi connectivity index (χ0n) is 11.1. The zero-order chi connectivity index (χ0) is 14.4. The van der Waals surface area contributed by atoms with Crippen molar-refractivity contribution in [1.82, 2.24) is 10.2 Å². The van der Waals surface area contributed by atoms with E-state index in [1.807, 2.05) is 24.3 Å². The zero-order valence-corrected chi connectivity index (χ0v) is 12.7. The van der Waals surface area contributed by atoms with E-state index in [0.29, 0.717) is 32.7 Å². The van der Waals surface area contributed by atoms with Crippen molar-refractivity contribution in [3.05, 3.63) is 34.3 Å². The van der Waals surface area contributed by atoms with Gasteiger partial charge < -0.3 is 15.0 Å². The van der Waals surface area contributed by atoms with Gasteiger partial charge in [-0.15, -0.1) is 0 Å². The molecule has 0 bridgehead atoms. The summed E-state index contributed by atoms with van der Waals surface area (Å²) in [5.41, 5.74) is 0.980. The van der Waals surface area contributed by atoms with Gasteiger partial charge in [-0.2, -0.15) is 0 Å². The molecule has 1 aliphatic rings. The van der Waals surface area contributed by atoms with Crippen molar-refractivity contribution in [3.63, 3.8) is 0 Å². The molecule has 20 heavy (non-hydrogen) atoms. The summed E-state index contributed by atoms with van der Waals surface area (Å²) >= 11 is 3.36. The van der Waals surface area contributed by atoms with Gasteiger partial charge in [0.1, 0.15) is 6.61 Å². The smallest absolute Gasteiger partial charge is 0.409 e. The number of hydrogen-bond acceptors (Lipinski definition) is 3. The molecule has 2 amide bonds. The first kappa shape index (κ1) is 14.8. The summed E-state index contributed by atoms with van der Waals surface area (Å²) in [6.07, 6.45) is 0.853. The number of hydrogen-bond donors (Lipinski definition) is 1. The van der Waals surface area contributed by atoms with Gasteiger partial charge in [-0.3, -0.25) is 4.79 Å². The molecule has 5 nitrogen and oxygen atoms in total. The molecule has 0 aromatic heterocycles. The van der Waals surface area contributed by atoms with Gasteiger partial charge in [0.25, 0.3) is 0 Å². The first-order valence-electron chi connectivity index (χ1n) is 6.58. The van der Waals surface area contributed by atoms with Crippen LogP contribution in [0.5, 0.6) is 0 Å². The molecule has 1 aliphatic heterocycles. The number of carbonyl (C=O) groups is 2. The minimum absolute atomic E-state index is 0.00341. The van der Waals surface area contributed by atoms with E-state index >= 15 is 0 Å². The second kappa shape index (κ2) is 7.28. The van der Waals surface area contributed by atoms with Gasteiger partial charge in [-0.05, 0) is 24.1 Å². The molecule has 0 saturated carbocycles. The van der Waals surface area contributed by atoms with Crippen molar-refractivity contribution < 1.29 is 14.3 Å². The second-order valence-corrected chi connectivity index (χ2v) is 5.52. The van der Waals surface area contributed by atoms with E-state index in [0.717, 1.165) is 16.5 Å². The van der Waals surface area contributed by atoms with Gasteiger partial charge >= 0.3 is 6.09 Å². The van der Waals surface area contributed by atoms with Crippen LogP contribution in [0, 0.1) is 0 Å². The highest BCUT2D eigenvalue weighted by molar-refractivity contribution is 9.10. The van der Waals surface area contributed by atoms with Crippen LogP contribution in [0.3, 0.4) is 0 Å². The maximum absolute atomic E-state index is 11.7. The van der Waals surface area contributed by atoms with Crippen molar-refractivity contribution in [2.45, 2.75) is 12.8 Å². The maximum Gasteiger partial charge on any atom is 0.409 e. The van der Waals surface area contributed by atoms with Gasteiger partial charge in [-0.25, -0.2) is 4.79 Å². The molecular formula is C14H17BrN2O3. The van der Waals surface area contributed by atoms with Crippen LogP contribution in [-0.4, -0.2) is 43.1 Å². The molecule has 0 radical (unpaired) electrons. The van der Waals surface area contributed by atoms with Crippen LogP contribution in [-0.2, 0) is 16.0 Å². The Kier molecular flexibility index (Phi) is 5.40. The molecule has 1 aromatic carbocycles. The van der Waals surface area contributed by atoms with Gasteiger partial charge in [0.15, 0.2) is 0 Å². The third-order valence-electron chi connectivity index (χ3n) is 3.05. The van der Waals surface area contributed by atoms with E-state index in [1.165, 1.54) is 0 Å². The third kappa shape index (κ3) is 4.52. The van der Waals surface area contributed by atoms with E-state index in [2.05, 4.69) is 21.2 Å². The minimum Gasteiger partial charge on any atom is -0.448 e. The molecule has 1 N–H and O–H groups in total. The van der Waals surface area contributed by atoms with E-state index in [4.69, 9.17) is 4.74 Å². The fourth-order valence-corrected chi connectivity index (χ4v) is 2.24. The summed E-state index contributed by atoms with van der Waals surface area (Å²) in [7, 11) is 0. The number of ether oxygens (including phenoxy) is 1. The fraction of sp³-hybridized carbons (Fsp3) is 0.429. The minimum atomic E-state index is -0.258. The Morgan fingerprint density at radius 3 is 2.75 bits per heavy atom. The lowest BCUT2D eigenvalue weighted by Gasteiger charge is -2.12. The molecule has 1 saturated heterocycles. The molecule has 1 aromatic rings. The van der Waals surface area contributed by atoms with Crippen LogP contribution >= 0.6 is 15.9 Å². The predicted octanol–water partition coefficient (Wildman–Crippen LogP) is 1.95. The van der Waals surface area contributed by atoms with Crippen molar-refractivity contribution in [3.8, 4) is 0 Å². The lowest BCUT2D eigenvalue weighted by molar-refractivity contribution is -0.120. The van der Waals surface area contributed by atoms with Gasteiger partial charge in [0.2, 0.25) is 5.91 Å². The lowest BCUT2D eigenvalue weighted by atomic mass is 10.1. The summed E-state index contributed by atoms with van der Waals surface area (Å²) in [6, 6.07) is 7.68. The Hall–Kier alpha value is -1.56. The Balaban J connectivity index is 1.62. The van der Waals surface area contributed by atoms with Crippen LogP contribution in [0.15, 0.2) is 28.7 Å². The summed E-state index contributed by atoms with van der Waals surface area (Å²) < 4.78 is 5.83. The fourth-order valence-electron chi connectivity index (χ4n) is 1.98. The van der Waals surface area contributed by atoms with Crippen molar-refractivity contribution >= 4 is 27.9 Å². The Bertz CT molecular complexity index is 476.